The number of carbonyl (C=O) groups is 1. The van der Waals surface area contributed by atoms with Crippen LogP contribution in [-0.4, -0.2) is 12.5 Å². The van der Waals surface area contributed by atoms with Crippen LogP contribution in [0.4, 0.5) is 0 Å². The SMILES string of the molecule is Cl.NCc1ccccc1OCC(N)=O. The van der Waals surface area contributed by atoms with Gasteiger partial charge in [0.1, 0.15) is 5.75 Å². The van der Waals surface area contributed by atoms with Crippen molar-refractivity contribution < 1.29 is 9.53 Å². The van der Waals surface area contributed by atoms with Crippen LogP contribution >= 0.6 is 12.4 Å². The minimum atomic E-state index is -0.494. The molecule has 1 amide bonds. The Kier molecular flexibility index (Phi) is 5.67. The van der Waals surface area contributed by atoms with Crippen molar-refractivity contribution in [2.75, 3.05) is 6.61 Å². The molecule has 0 bridgehead atoms. The van der Waals surface area contributed by atoms with Crippen molar-refractivity contribution in [3.05, 3.63) is 29.8 Å². The summed E-state index contributed by atoms with van der Waals surface area (Å²) in [7, 11) is 0. The molecular formula is C9H13ClN2O2. The number of primary amides is 1. The van der Waals surface area contributed by atoms with Gasteiger partial charge in [0.05, 0.1) is 0 Å². The quantitative estimate of drug-likeness (QED) is 0.766. The summed E-state index contributed by atoms with van der Waals surface area (Å²) in [5.41, 5.74) is 11.3. The van der Waals surface area contributed by atoms with Crippen molar-refractivity contribution in [3.8, 4) is 5.75 Å². The molecule has 14 heavy (non-hydrogen) atoms. The third-order valence-electron chi connectivity index (χ3n) is 1.56. The summed E-state index contributed by atoms with van der Waals surface area (Å²) in [6, 6.07) is 7.27. The Morgan fingerprint density at radius 2 is 2.00 bits per heavy atom. The summed E-state index contributed by atoms with van der Waals surface area (Å²) in [6.07, 6.45) is 0. The number of benzene rings is 1. The highest BCUT2D eigenvalue weighted by molar-refractivity contribution is 5.85. The number of halogens is 1. The molecule has 0 fully saturated rings. The van der Waals surface area contributed by atoms with Gasteiger partial charge in [-0.25, -0.2) is 0 Å². The number of hydrogen-bond acceptors (Lipinski definition) is 3. The van der Waals surface area contributed by atoms with Crippen molar-refractivity contribution in [1.82, 2.24) is 0 Å². The Morgan fingerprint density at radius 1 is 1.36 bits per heavy atom. The molecule has 0 saturated carbocycles. The lowest BCUT2D eigenvalue weighted by Gasteiger charge is -2.07. The monoisotopic (exact) mass is 216 g/mol. The standard InChI is InChI=1S/C9H12N2O2.ClH/c10-5-7-3-1-2-4-8(7)13-6-9(11)12;/h1-4H,5-6,10H2,(H2,11,12);1H. The predicted octanol–water partition coefficient (Wildman–Crippen LogP) is 0.431. The van der Waals surface area contributed by atoms with E-state index in [0.29, 0.717) is 12.3 Å². The van der Waals surface area contributed by atoms with Crippen LogP contribution < -0.4 is 16.2 Å². The maximum absolute atomic E-state index is 10.4. The summed E-state index contributed by atoms with van der Waals surface area (Å²) >= 11 is 0. The minimum Gasteiger partial charge on any atom is -0.483 e. The van der Waals surface area contributed by atoms with Crippen LogP contribution in [0.1, 0.15) is 5.56 Å². The van der Waals surface area contributed by atoms with Crippen molar-refractivity contribution >= 4 is 18.3 Å². The highest BCUT2D eigenvalue weighted by Crippen LogP contribution is 2.16. The molecule has 0 aliphatic carbocycles. The van der Waals surface area contributed by atoms with Gasteiger partial charge in [0, 0.05) is 12.1 Å². The van der Waals surface area contributed by atoms with E-state index in [-0.39, 0.29) is 19.0 Å². The molecule has 0 unspecified atom stereocenters. The topological polar surface area (TPSA) is 78.3 Å². The van der Waals surface area contributed by atoms with Gasteiger partial charge >= 0.3 is 0 Å². The lowest BCUT2D eigenvalue weighted by Crippen LogP contribution is -2.20. The van der Waals surface area contributed by atoms with E-state index in [9.17, 15) is 4.79 Å². The average Bonchev–Trinajstić information content (AvgIpc) is 2.15. The molecule has 0 spiro atoms. The normalized spacial score (nSPS) is 8.93. The first-order valence-electron chi connectivity index (χ1n) is 3.93. The average molecular weight is 217 g/mol. The third-order valence-corrected chi connectivity index (χ3v) is 1.56. The lowest BCUT2D eigenvalue weighted by atomic mass is 10.2. The van der Waals surface area contributed by atoms with Gasteiger partial charge in [-0.05, 0) is 6.07 Å². The molecule has 0 aliphatic heterocycles. The van der Waals surface area contributed by atoms with Crippen molar-refractivity contribution in [1.29, 1.82) is 0 Å². The zero-order valence-corrected chi connectivity index (χ0v) is 8.42. The molecule has 4 nitrogen and oxygen atoms in total. The van der Waals surface area contributed by atoms with E-state index in [1.165, 1.54) is 0 Å². The molecule has 1 aromatic carbocycles. The summed E-state index contributed by atoms with van der Waals surface area (Å²) in [6.45, 7) is 0.270. The summed E-state index contributed by atoms with van der Waals surface area (Å²) in [4.78, 5) is 10.4. The Morgan fingerprint density at radius 3 is 2.57 bits per heavy atom. The largest absolute Gasteiger partial charge is 0.483 e. The zero-order valence-electron chi connectivity index (χ0n) is 7.60. The number of carbonyl (C=O) groups excluding carboxylic acids is 1. The second-order valence-electron chi connectivity index (χ2n) is 2.57. The van der Waals surface area contributed by atoms with E-state index < -0.39 is 5.91 Å². The van der Waals surface area contributed by atoms with Crippen molar-refractivity contribution in [2.24, 2.45) is 11.5 Å². The van der Waals surface area contributed by atoms with Gasteiger partial charge in [-0.15, -0.1) is 12.4 Å². The van der Waals surface area contributed by atoms with Crippen molar-refractivity contribution in [2.45, 2.75) is 6.54 Å². The van der Waals surface area contributed by atoms with E-state index in [2.05, 4.69) is 0 Å². The first kappa shape index (κ1) is 12.7. The summed E-state index contributed by atoms with van der Waals surface area (Å²) in [5, 5.41) is 0. The van der Waals surface area contributed by atoms with E-state index in [4.69, 9.17) is 16.2 Å². The van der Waals surface area contributed by atoms with E-state index >= 15 is 0 Å². The molecule has 0 aliphatic rings. The van der Waals surface area contributed by atoms with Gasteiger partial charge in [-0.3, -0.25) is 4.79 Å². The maximum atomic E-state index is 10.4. The molecule has 4 N–H and O–H groups in total. The number of rotatable bonds is 4. The molecule has 0 radical (unpaired) electrons. The maximum Gasteiger partial charge on any atom is 0.255 e. The molecule has 1 aromatic rings. The molecule has 0 atom stereocenters. The predicted molar refractivity (Wildman–Crippen MR) is 56.3 cm³/mol. The van der Waals surface area contributed by atoms with Crippen LogP contribution in [0.15, 0.2) is 24.3 Å². The third kappa shape index (κ3) is 3.64. The van der Waals surface area contributed by atoms with E-state index in [1.54, 1.807) is 6.07 Å². The molecule has 5 heteroatoms. The molecule has 0 aromatic heterocycles. The van der Waals surface area contributed by atoms with E-state index in [1.807, 2.05) is 18.2 Å². The highest BCUT2D eigenvalue weighted by Gasteiger charge is 2.01. The van der Waals surface area contributed by atoms with Crippen LogP contribution in [-0.2, 0) is 11.3 Å². The smallest absolute Gasteiger partial charge is 0.255 e. The van der Waals surface area contributed by atoms with Crippen LogP contribution in [0.5, 0.6) is 5.75 Å². The van der Waals surface area contributed by atoms with Crippen LogP contribution in [0.25, 0.3) is 0 Å². The fourth-order valence-corrected chi connectivity index (χ4v) is 0.962. The number of ether oxygens (including phenoxy) is 1. The van der Waals surface area contributed by atoms with Gasteiger partial charge in [-0.2, -0.15) is 0 Å². The zero-order chi connectivity index (χ0) is 9.68. The van der Waals surface area contributed by atoms with Crippen LogP contribution in [0, 0.1) is 0 Å². The highest BCUT2D eigenvalue weighted by atomic mass is 35.5. The fourth-order valence-electron chi connectivity index (χ4n) is 0.962. The Bertz CT molecular complexity index is 305. The molecule has 78 valence electrons. The molecule has 0 heterocycles. The first-order chi connectivity index (χ1) is 6.24. The summed E-state index contributed by atoms with van der Waals surface area (Å²) < 4.78 is 5.13. The van der Waals surface area contributed by atoms with Gasteiger partial charge in [-0.1, -0.05) is 18.2 Å². The number of amides is 1. The Labute approximate surface area is 88.6 Å². The molecular weight excluding hydrogens is 204 g/mol. The number of para-hydroxylation sites is 1. The Hall–Kier alpha value is -1.26. The van der Waals surface area contributed by atoms with Gasteiger partial charge in [0.2, 0.25) is 0 Å². The van der Waals surface area contributed by atoms with Gasteiger partial charge in [0.15, 0.2) is 6.61 Å². The number of hydrogen-bond donors (Lipinski definition) is 2. The molecule has 0 saturated heterocycles. The second-order valence-corrected chi connectivity index (χ2v) is 2.57. The fraction of sp³-hybridized carbons (Fsp3) is 0.222. The summed E-state index contributed by atoms with van der Waals surface area (Å²) in [5.74, 6) is 0.121. The van der Waals surface area contributed by atoms with Gasteiger partial charge in [0.25, 0.3) is 5.91 Å². The van der Waals surface area contributed by atoms with Gasteiger partial charge < -0.3 is 16.2 Å². The van der Waals surface area contributed by atoms with Crippen LogP contribution in [0.2, 0.25) is 0 Å². The number of nitrogens with two attached hydrogens (primary N) is 2. The second kappa shape index (κ2) is 6.23. The van der Waals surface area contributed by atoms with Crippen molar-refractivity contribution in [3.63, 3.8) is 0 Å². The van der Waals surface area contributed by atoms with E-state index in [0.717, 1.165) is 5.56 Å². The first-order valence-corrected chi connectivity index (χ1v) is 3.93. The Balaban J connectivity index is 0.00000169. The minimum absolute atomic E-state index is 0. The van der Waals surface area contributed by atoms with Crippen LogP contribution in [0.3, 0.4) is 0 Å². The lowest BCUT2D eigenvalue weighted by molar-refractivity contribution is -0.119. The molecule has 1 rings (SSSR count).